The van der Waals surface area contributed by atoms with Crippen molar-refractivity contribution >= 4 is 5.97 Å². The Morgan fingerprint density at radius 2 is 2.17 bits per heavy atom. The summed E-state index contributed by atoms with van der Waals surface area (Å²) < 4.78 is 5.32. The largest absolute Gasteiger partial charge is 0.496 e. The van der Waals surface area contributed by atoms with Crippen molar-refractivity contribution in [3.8, 4) is 5.75 Å². The lowest BCUT2D eigenvalue weighted by atomic mass is 9.99. The molecule has 0 bridgehead atoms. The van der Waals surface area contributed by atoms with Crippen molar-refractivity contribution in [2.45, 2.75) is 32.7 Å². The Bertz CT molecular complexity index is 402. The topological polar surface area (TPSA) is 58.6 Å². The summed E-state index contributed by atoms with van der Waals surface area (Å²) in [7, 11) is 1.67. The monoisotopic (exact) mass is 251 g/mol. The van der Waals surface area contributed by atoms with Crippen LogP contribution in [0.1, 0.15) is 37.3 Å². The quantitative estimate of drug-likeness (QED) is 0.730. The summed E-state index contributed by atoms with van der Waals surface area (Å²) in [5, 5.41) is 11.7. The Morgan fingerprint density at radius 3 is 2.72 bits per heavy atom. The van der Waals surface area contributed by atoms with Crippen LogP contribution in [0.15, 0.2) is 18.2 Å². The van der Waals surface area contributed by atoms with E-state index in [9.17, 15) is 4.79 Å². The van der Waals surface area contributed by atoms with Gasteiger partial charge in [-0.2, -0.15) is 0 Å². The third-order valence-corrected chi connectivity index (χ3v) is 2.76. The van der Waals surface area contributed by atoms with E-state index < -0.39 is 5.97 Å². The number of aliphatic carboxylic acids is 1. The molecule has 0 aliphatic heterocycles. The van der Waals surface area contributed by atoms with E-state index in [4.69, 9.17) is 9.84 Å². The van der Waals surface area contributed by atoms with Crippen LogP contribution in [-0.4, -0.2) is 24.7 Å². The van der Waals surface area contributed by atoms with E-state index in [-0.39, 0.29) is 6.42 Å². The Hall–Kier alpha value is -1.55. The number of hydrogen-bond donors (Lipinski definition) is 2. The number of carbonyl (C=O) groups is 1. The maximum Gasteiger partial charge on any atom is 0.304 e. The van der Waals surface area contributed by atoms with Gasteiger partial charge in [-0.25, -0.2) is 0 Å². The molecular formula is C14H21NO3. The molecule has 1 aromatic carbocycles. The first kappa shape index (κ1) is 14.5. The van der Waals surface area contributed by atoms with Gasteiger partial charge in [0.2, 0.25) is 0 Å². The fourth-order valence-electron chi connectivity index (χ4n) is 1.77. The number of rotatable bonds is 7. The Labute approximate surface area is 108 Å². The zero-order valence-corrected chi connectivity index (χ0v) is 11.2. The molecule has 0 spiro atoms. The molecule has 4 heteroatoms. The second-order valence-corrected chi connectivity index (χ2v) is 4.55. The molecule has 0 amide bonds. The third-order valence-electron chi connectivity index (χ3n) is 2.76. The molecule has 1 aromatic rings. The molecule has 1 rings (SSSR count). The molecule has 0 aliphatic rings. The van der Waals surface area contributed by atoms with Crippen molar-refractivity contribution in [2.24, 2.45) is 0 Å². The molecule has 0 atom stereocenters. The second-order valence-electron chi connectivity index (χ2n) is 4.55. The van der Waals surface area contributed by atoms with Gasteiger partial charge >= 0.3 is 5.97 Å². The zero-order valence-electron chi connectivity index (χ0n) is 11.2. The minimum Gasteiger partial charge on any atom is -0.496 e. The van der Waals surface area contributed by atoms with Crippen molar-refractivity contribution in [2.75, 3.05) is 13.7 Å². The second kappa shape index (κ2) is 7.01. The minimum atomic E-state index is -0.778. The average molecular weight is 251 g/mol. The van der Waals surface area contributed by atoms with Gasteiger partial charge in [0.25, 0.3) is 0 Å². The highest BCUT2D eigenvalue weighted by Crippen LogP contribution is 2.27. The molecule has 0 aromatic heterocycles. The summed E-state index contributed by atoms with van der Waals surface area (Å²) in [6.45, 7) is 5.41. The number of carboxylic acid groups (broad SMARTS) is 1. The van der Waals surface area contributed by atoms with E-state index in [0.717, 1.165) is 11.3 Å². The van der Waals surface area contributed by atoms with Gasteiger partial charge in [-0.1, -0.05) is 26.0 Å². The highest BCUT2D eigenvalue weighted by molar-refractivity contribution is 5.66. The first-order chi connectivity index (χ1) is 8.54. The maximum atomic E-state index is 10.4. The molecule has 0 aliphatic carbocycles. The van der Waals surface area contributed by atoms with E-state index in [1.807, 2.05) is 12.1 Å². The molecule has 0 saturated heterocycles. The van der Waals surface area contributed by atoms with Crippen LogP contribution >= 0.6 is 0 Å². The van der Waals surface area contributed by atoms with Gasteiger partial charge in [-0.3, -0.25) is 4.79 Å². The van der Waals surface area contributed by atoms with E-state index >= 15 is 0 Å². The van der Waals surface area contributed by atoms with Crippen molar-refractivity contribution < 1.29 is 14.6 Å². The van der Waals surface area contributed by atoms with Crippen molar-refractivity contribution in [1.29, 1.82) is 0 Å². The summed E-state index contributed by atoms with van der Waals surface area (Å²) in [5.74, 6) is 0.526. The SMILES string of the molecule is COc1ccc(CNCCC(=O)O)cc1C(C)C. The molecule has 0 saturated carbocycles. The highest BCUT2D eigenvalue weighted by atomic mass is 16.5. The van der Waals surface area contributed by atoms with Gasteiger partial charge < -0.3 is 15.2 Å². The Morgan fingerprint density at radius 1 is 1.44 bits per heavy atom. The summed E-state index contributed by atoms with van der Waals surface area (Å²) >= 11 is 0. The van der Waals surface area contributed by atoms with Crippen LogP contribution in [0, 0.1) is 0 Å². The molecule has 18 heavy (non-hydrogen) atoms. The maximum absolute atomic E-state index is 10.4. The summed E-state index contributed by atoms with van der Waals surface area (Å²) in [5.41, 5.74) is 2.32. The normalized spacial score (nSPS) is 10.7. The van der Waals surface area contributed by atoms with Gasteiger partial charge in [-0.15, -0.1) is 0 Å². The lowest BCUT2D eigenvalue weighted by molar-refractivity contribution is -0.136. The van der Waals surface area contributed by atoms with Crippen LogP contribution in [0.4, 0.5) is 0 Å². The predicted molar refractivity (Wildman–Crippen MR) is 71.0 cm³/mol. The van der Waals surface area contributed by atoms with Crippen LogP contribution < -0.4 is 10.1 Å². The van der Waals surface area contributed by atoms with Crippen LogP contribution in [0.3, 0.4) is 0 Å². The van der Waals surface area contributed by atoms with Gasteiger partial charge in [0.1, 0.15) is 5.75 Å². The van der Waals surface area contributed by atoms with Gasteiger partial charge in [0, 0.05) is 13.1 Å². The zero-order chi connectivity index (χ0) is 13.5. The fraction of sp³-hybridized carbons (Fsp3) is 0.500. The Kier molecular flexibility index (Phi) is 5.65. The number of carboxylic acids is 1. The van der Waals surface area contributed by atoms with Gasteiger partial charge in [0.05, 0.1) is 13.5 Å². The highest BCUT2D eigenvalue weighted by Gasteiger charge is 2.08. The van der Waals surface area contributed by atoms with Crippen LogP contribution in [0.25, 0.3) is 0 Å². The molecule has 0 unspecified atom stereocenters. The molecule has 4 nitrogen and oxygen atoms in total. The predicted octanol–water partition coefficient (Wildman–Crippen LogP) is 2.38. The summed E-state index contributed by atoms with van der Waals surface area (Å²) in [6, 6.07) is 6.07. The van der Waals surface area contributed by atoms with Crippen LogP contribution in [0.5, 0.6) is 5.75 Å². The third kappa shape index (κ3) is 4.37. The fourth-order valence-corrected chi connectivity index (χ4v) is 1.77. The number of methoxy groups -OCH3 is 1. The van der Waals surface area contributed by atoms with Gasteiger partial charge in [-0.05, 0) is 23.1 Å². The molecule has 2 N–H and O–H groups in total. The molecule has 0 heterocycles. The molecule has 0 radical (unpaired) electrons. The van der Waals surface area contributed by atoms with Gasteiger partial charge in [0.15, 0.2) is 0 Å². The van der Waals surface area contributed by atoms with E-state index in [1.165, 1.54) is 5.56 Å². The van der Waals surface area contributed by atoms with Crippen molar-refractivity contribution in [1.82, 2.24) is 5.32 Å². The molecule has 0 fully saturated rings. The smallest absolute Gasteiger partial charge is 0.304 e. The van der Waals surface area contributed by atoms with E-state index in [1.54, 1.807) is 7.11 Å². The summed E-state index contributed by atoms with van der Waals surface area (Å²) in [6.07, 6.45) is 0.146. The molecular weight excluding hydrogens is 230 g/mol. The van der Waals surface area contributed by atoms with Crippen LogP contribution in [-0.2, 0) is 11.3 Å². The standard InChI is InChI=1S/C14H21NO3/c1-10(2)12-8-11(4-5-13(12)18-3)9-15-7-6-14(16)17/h4-5,8,10,15H,6-7,9H2,1-3H3,(H,16,17). The minimum absolute atomic E-state index is 0.146. The van der Waals surface area contributed by atoms with Crippen molar-refractivity contribution in [3.63, 3.8) is 0 Å². The summed E-state index contributed by atoms with van der Waals surface area (Å²) in [4.78, 5) is 10.4. The average Bonchev–Trinajstić information content (AvgIpc) is 2.34. The number of hydrogen-bond acceptors (Lipinski definition) is 3. The van der Waals surface area contributed by atoms with Crippen LogP contribution in [0.2, 0.25) is 0 Å². The van der Waals surface area contributed by atoms with E-state index in [2.05, 4.69) is 25.2 Å². The first-order valence-corrected chi connectivity index (χ1v) is 6.14. The number of nitrogens with one attached hydrogen (secondary N) is 1. The lowest BCUT2D eigenvalue weighted by Gasteiger charge is -2.13. The first-order valence-electron chi connectivity index (χ1n) is 6.14. The number of ether oxygens (including phenoxy) is 1. The Balaban J connectivity index is 2.61. The number of benzene rings is 1. The van der Waals surface area contributed by atoms with Crippen molar-refractivity contribution in [3.05, 3.63) is 29.3 Å². The lowest BCUT2D eigenvalue weighted by Crippen LogP contribution is -2.17. The van der Waals surface area contributed by atoms with E-state index in [0.29, 0.717) is 19.0 Å². The molecule has 100 valence electrons.